The average molecular weight is 296 g/mol. The van der Waals surface area contributed by atoms with Gasteiger partial charge in [0.2, 0.25) is 11.8 Å². The van der Waals surface area contributed by atoms with Crippen molar-refractivity contribution in [2.24, 2.45) is 11.7 Å². The van der Waals surface area contributed by atoms with Crippen LogP contribution in [0.1, 0.15) is 22.1 Å². The number of fused-ring (bicyclic) bond motifs is 1. The Morgan fingerprint density at radius 3 is 3.00 bits per heavy atom. The summed E-state index contributed by atoms with van der Waals surface area (Å²) in [5.74, 6) is 0.687. The van der Waals surface area contributed by atoms with Crippen LogP contribution in [0.3, 0.4) is 0 Å². The maximum atomic E-state index is 12.6. The number of carbonyl (C=O) groups is 2. The largest absolute Gasteiger partial charge is 0.369 e. The van der Waals surface area contributed by atoms with Gasteiger partial charge in [0, 0.05) is 18.0 Å². The zero-order valence-corrected chi connectivity index (χ0v) is 12.1. The number of hydrogen-bond acceptors (Lipinski definition) is 4. The molecule has 2 amide bonds. The molecule has 1 fully saturated rings. The molecule has 3 heterocycles. The Morgan fingerprint density at radius 2 is 2.26 bits per heavy atom. The van der Waals surface area contributed by atoms with E-state index in [1.165, 1.54) is 10.4 Å². The maximum Gasteiger partial charge on any atom is 0.240 e. The number of nitrogens with zero attached hydrogens (tertiary/aromatic N) is 1. The highest BCUT2D eigenvalue weighted by Gasteiger charge is 2.36. The zero-order valence-electron chi connectivity index (χ0n) is 10.5. The SMILES string of the molecule is NC(=O)[C@@H]1CCN(C(=O)[C@@H]2SCCc3sccc32)C1. The molecular formula is C13H16N2O2S2. The highest BCUT2D eigenvalue weighted by atomic mass is 32.2. The Morgan fingerprint density at radius 1 is 1.42 bits per heavy atom. The number of nitrogens with two attached hydrogens (primary N) is 1. The number of aryl methyl sites for hydroxylation is 1. The minimum Gasteiger partial charge on any atom is -0.369 e. The Kier molecular flexibility index (Phi) is 3.54. The van der Waals surface area contributed by atoms with E-state index in [9.17, 15) is 9.59 Å². The average Bonchev–Trinajstić information content (AvgIpc) is 3.06. The van der Waals surface area contributed by atoms with E-state index in [2.05, 4.69) is 11.4 Å². The molecule has 2 aliphatic heterocycles. The molecular weight excluding hydrogens is 280 g/mol. The van der Waals surface area contributed by atoms with Crippen molar-refractivity contribution >= 4 is 34.9 Å². The van der Waals surface area contributed by atoms with Crippen LogP contribution in [0.4, 0.5) is 0 Å². The zero-order chi connectivity index (χ0) is 13.4. The van der Waals surface area contributed by atoms with Crippen LogP contribution in [0.2, 0.25) is 0 Å². The lowest BCUT2D eigenvalue weighted by atomic mass is 10.1. The molecule has 0 saturated carbocycles. The van der Waals surface area contributed by atoms with E-state index in [0.717, 1.165) is 12.2 Å². The van der Waals surface area contributed by atoms with E-state index in [1.54, 1.807) is 28.0 Å². The molecule has 2 aliphatic rings. The van der Waals surface area contributed by atoms with Crippen molar-refractivity contribution in [2.75, 3.05) is 18.8 Å². The first kappa shape index (κ1) is 13.0. The molecule has 0 bridgehead atoms. The number of amides is 2. The topological polar surface area (TPSA) is 63.4 Å². The van der Waals surface area contributed by atoms with Crippen molar-refractivity contribution < 1.29 is 9.59 Å². The molecule has 1 saturated heterocycles. The van der Waals surface area contributed by atoms with Crippen LogP contribution in [-0.2, 0) is 16.0 Å². The summed E-state index contributed by atoms with van der Waals surface area (Å²) in [6.45, 7) is 1.15. The third-order valence-corrected chi connectivity index (χ3v) is 6.03. The summed E-state index contributed by atoms with van der Waals surface area (Å²) in [5, 5.41) is 1.98. The predicted octanol–water partition coefficient (Wildman–Crippen LogP) is 1.41. The number of thiophene rings is 1. The molecule has 4 nitrogen and oxygen atoms in total. The number of likely N-dealkylation sites (tertiary alicyclic amines) is 1. The highest BCUT2D eigenvalue weighted by Crippen LogP contribution is 2.41. The molecule has 0 aliphatic carbocycles. The minimum absolute atomic E-state index is 0.0818. The van der Waals surface area contributed by atoms with Crippen LogP contribution in [0.15, 0.2) is 11.4 Å². The van der Waals surface area contributed by atoms with Gasteiger partial charge in [-0.15, -0.1) is 23.1 Å². The molecule has 2 N–H and O–H groups in total. The van der Waals surface area contributed by atoms with Crippen molar-refractivity contribution in [1.82, 2.24) is 4.90 Å². The molecule has 3 rings (SSSR count). The minimum atomic E-state index is -0.289. The first-order chi connectivity index (χ1) is 9.16. The van der Waals surface area contributed by atoms with Gasteiger partial charge in [0.05, 0.1) is 5.92 Å². The van der Waals surface area contributed by atoms with Gasteiger partial charge in [-0.3, -0.25) is 9.59 Å². The van der Waals surface area contributed by atoms with E-state index < -0.39 is 0 Å². The summed E-state index contributed by atoms with van der Waals surface area (Å²) < 4.78 is 0. The lowest BCUT2D eigenvalue weighted by Crippen LogP contribution is -2.35. The van der Waals surface area contributed by atoms with Gasteiger partial charge in [0.15, 0.2) is 0 Å². The molecule has 0 aromatic carbocycles. The van der Waals surface area contributed by atoms with E-state index in [-0.39, 0.29) is 23.0 Å². The maximum absolute atomic E-state index is 12.6. The Balaban J connectivity index is 1.74. The molecule has 19 heavy (non-hydrogen) atoms. The van der Waals surface area contributed by atoms with Crippen molar-refractivity contribution in [3.8, 4) is 0 Å². The second kappa shape index (κ2) is 5.17. The highest BCUT2D eigenvalue weighted by molar-refractivity contribution is 8.00. The van der Waals surface area contributed by atoms with E-state index >= 15 is 0 Å². The van der Waals surface area contributed by atoms with E-state index in [0.29, 0.717) is 19.5 Å². The van der Waals surface area contributed by atoms with Crippen molar-refractivity contribution in [2.45, 2.75) is 18.1 Å². The molecule has 1 aromatic rings. The number of rotatable bonds is 2. The molecule has 0 unspecified atom stereocenters. The fourth-order valence-electron chi connectivity index (χ4n) is 2.71. The number of carbonyl (C=O) groups excluding carboxylic acids is 2. The fraction of sp³-hybridized carbons (Fsp3) is 0.538. The van der Waals surface area contributed by atoms with Crippen molar-refractivity contribution in [1.29, 1.82) is 0 Å². The summed E-state index contributed by atoms with van der Waals surface area (Å²) in [7, 11) is 0. The van der Waals surface area contributed by atoms with Gasteiger partial charge in [0.25, 0.3) is 0 Å². The first-order valence-corrected chi connectivity index (χ1v) is 8.35. The molecule has 2 atom stereocenters. The fourth-order valence-corrected chi connectivity index (χ4v) is 5.08. The second-order valence-electron chi connectivity index (χ2n) is 4.97. The lowest BCUT2D eigenvalue weighted by molar-refractivity contribution is -0.130. The molecule has 0 spiro atoms. The molecule has 102 valence electrons. The number of thioether (sulfide) groups is 1. The number of hydrogen-bond donors (Lipinski definition) is 1. The van der Waals surface area contributed by atoms with Crippen LogP contribution >= 0.6 is 23.1 Å². The van der Waals surface area contributed by atoms with Gasteiger partial charge in [-0.25, -0.2) is 0 Å². The van der Waals surface area contributed by atoms with Gasteiger partial charge < -0.3 is 10.6 Å². The van der Waals surface area contributed by atoms with Gasteiger partial charge in [-0.1, -0.05) is 0 Å². The molecule has 0 radical (unpaired) electrons. The van der Waals surface area contributed by atoms with Crippen LogP contribution in [0, 0.1) is 5.92 Å². The van der Waals surface area contributed by atoms with Crippen molar-refractivity contribution in [3.63, 3.8) is 0 Å². The van der Waals surface area contributed by atoms with Gasteiger partial charge in [0.1, 0.15) is 5.25 Å². The summed E-state index contributed by atoms with van der Waals surface area (Å²) in [6, 6.07) is 2.07. The number of primary amides is 1. The first-order valence-electron chi connectivity index (χ1n) is 6.43. The van der Waals surface area contributed by atoms with Gasteiger partial charge >= 0.3 is 0 Å². The van der Waals surface area contributed by atoms with E-state index in [1.807, 2.05) is 0 Å². The van der Waals surface area contributed by atoms with E-state index in [4.69, 9.17) is 5.73 Å². The van der Waals surface area contributed by atoms with Crippen LogP contribution in [-0.4, -0.2) is 35.6 Å². The van der Waals surface area contributed by atoms with Gasteiger partial charge in [-0.2, -0.15) is 0 Å². The molecule has 1 aromatic heterocycles. The standard InChI is InChI=1S/C13H16N2O2S2/c14-12(16)8-1-4-15(7-8)13(17)11-9-2-5-18-10(9)3-6-19-11/h2,5,8,11H,1,3-4,6-7H2,(H2,14,16)/t8-,11-/m1/s1. The monoisotopic (exact) mass is 296 g/mol. The quantitative estimate of drug-likeness (QED) is 0.897. The van der Waals surface area contributed by atoms with Gasteiger partial charge in [-0.05, 0) is 35.6 Å². The molecule has 6 heteroatoms. The summed E-state index contributed by atoms with van der Waals surface area (Å²) in [6.07, 6.45) is 1.76. The third-order valence-electron chi connectivity index (χ3n) is 3.80. The van der Waals surface area contributed by atoms with Crippen LogP contribution in [0.5, 0.6) is 0 Å². The third kappa shape index (κ3) is 2.39. The summed E-state index contributed by atoms with van der Waals surface area (Å²) in [5.41, 5.74) is 6.49. The predicted molar refractivity (Wildman–Crippen MR) is 77.1 cm³/mol. The second-order valence-corrected chi connectivity index (χ2v) is 7.19. The van der Waals surface area contributed by atoms with Crippen LogP contribution in [0.25, 0.3) is 0 Å². The normalized spacial score (nSPS) is 26.2. The Labute approximate surface area is 120 Å². The lowest BCUT2D eigenvalue weighted by Gasteiger charge is -2.26. The smallest absolute Gasteiger partial charge is 0.240 e. The van der Waals surface area contributed by atoms with Crippen LogP contribution < -0.4 is 5.73 Å². The Hall–Kier alpha value is -1.01. The summed E-state index contributed by atoms with van der Waals surface area (Å²) in [4.78, 5) is 26.9. The Bertz CT molecular complexity index is 514. The van der Waals surface area contributed by atoms with Crippen molar-refractivity contribution in [3.05, 3.63) is 21.9 Å². The summed E-state index contributed by atoms with van der Waals surface area (Å²) >= 11 is 3.45.